The van der Waals surface area contributed by atoms with Gasteiger partial charge in [0.2, 0.25) is 18.5 Å². The van der Waals surface area contributed by atoms with E-state index in [1.165, 1.54) is 29.2 Å². The maximum absolute atomic E-state index is 13.4. The zero-order chi connectivity index (χ0) is 27.7. The largest absolute Gasteiger partial charge is 0.461 e. The number of alkyl halides is 3. The molecule has 0 fully saturated rings. The van der Waals surface area contributed by atoms with Gasteiger partial charge in [0.05, 0.1) is 23.3 Å². The molecule has 0 radical (unpaired) electrons. The summed E-state index contributed by atoms with van der Waals surface area (Å²) in [6.07, 6.45) is -1.87. The predicted octanol–water partition coefficient (Wildman–Crippen LogP) is 5.49. The highest BCUT2D eigenvalue weighted by Crippen LogP contribution is 2.34. The lowest BCUT2D eigenvalue weighted by molar-refractivity contribution is -0.137. The van der Waals surface area contributed by atoms with Gasteiger partial charge in [-0.3, -0.25) is 9.36 Å². The summed E-state index contributed by atoms with van der Waals surface area (Å²) in [4.78, 5) is 16.8. The fraction of sp³-hybridized carbons (Fsp3) is 0.154. The molecule has 40 heavy (non-hydrogen) atoms. The van der Waals surface area contributed by atoms with Gasteiger partial charge in [-0.05, 0) is 48.0 Å². The van der Waals surface area contributed by atoms with E-state index < -0.39 is 17.6 Å². The summed E-state index contributed by atoms with van der Waals surface area (Å²) in [5.74, 6) is 1.72. The smallest absolute Gasteiger partial charge is 0.416 e. The van der Waals surface area contributed by atoms with E-state index in [2.05, 4.69) is 20.5 Å². The highest BCUT2D eigenvalue weighted by molar-refractivity contribution is 7.98. The number of ether oxygens (including phenoxy) is 2. The predicted molar refractivity (Wildman–Crippen MR) is 134 cm³/mol. The normalized spacial score (nSPS) is 12.6. The summed E-state index contributed by atoms with van der Waals surface area (Å²) in [6, 6.07) is 13.5. The summed E-state index contributed by atoms with van der Waals surface area (Å²) in [7, 11) is 0. The molecule has 0 saturated carbocycles. The molecule has 1 aliphatic rings. The van der Waals surface area contributed by atoms with Crippen LogP contribution in [0.2, 0.25) is 0 Å². The molecule has 5 aromatic rings. The number of hydrogen-bond donors (Lipinski definition) is 1. The quantitative estimate of drug-likeness (QED) is 0.242. The average Bonchev–Trinajstić information content (AvgIpc) is 3.76. The monoisotopic (exact) mass is 569 g/mol. The highest BCUT2D eigenvalue weighted by atomic mass is 32.2. The molecular formula is C26H18F3N5O5S. The van der Waals surface area contributed by atoms with Crippen molar-refractivity contribution in [2.24, 2.45) is 0 Å². The van der Waals surface area contributed by atoms with Gasteiger partial charge in [-0.25, -0.2) is 4.98 Å². The minimum absolute atomic E-state index is 0.0759. The lowest BCUT2D eigenvalue weighted by atomic mass is 10.2. The van der Waals surface area contributed by atoms with Crippen molar-refractivity contribution in [3.8, 4) is 28.8 Å². The van der Waals surface area contributed by atoms with Crippen molar-refractivity contribution in [3.05, 3.63) is 89.8 Å². The van der Waals surface area contributed by atoms with Gasteiger partial charge < -0.3 is 23.6 Å². The molecule has 1 aliphatic heterocycles. The molecule has 0 aliphatic carbocycles. The van der Waals surface area contributed by atoms with Crippen LogP contribution in [-0.2, 0) is 18.5 Å². The standard InChI is InChI=1S/C26H18F3N5O5S/c27-26(28,29)16-3-1-4-17(10-16)34-23(20-5-2-8-36-20)32-33-25(34)40-13-22-31-18(12-37-22)24(35)30-11-15-6-7-19-21(9-15)39-14-38-19/h1-10,12H,11,13-14H2,(H,30,35). The number of fused-ring (bicyclic) bond motifs is 1. The van der Waals surface area contributed by atoms with Crippen LogP contribution in [0.25, 0.3) is 17.3 Å². The summed E-state index contributed by atoms with van der Waals surface area (Å²) in [5, 5.41) is 11.3. The number of amides is 1. The SMILES string of the molecule is O=C(NCc1ccc2c(c1)OCO2)c1coc(CSc2nnc(-c3ccco3)n2-c2cccc(C(F)(F)F)c2)n1. The van der Waals surface area contributed by atoms with Gasteiger partial charge in [0.1, 0.15) is 6.26 Å². The first kappa shape index (κ1) is 25.6. The first-order valence-electron chi connectivity index (χ1n) is 11.8. The number of aromatic nitrogens is 4. The van der Waals surface area contributed by atoms with Gasteiger partial charge in [0, 0.05) is 6.54 Å². The number of halogens is 3. The molecular weight excluding hydrogens is 551 g/mol. The summed E-state index contributed by atoms with van der Waals surface area (Å²) in [5.41, 5.74) is 0.277. The van der Waals surface area contributed by atoms with Gasteiger partial charge in [-0.1, -0.05) is 23.9 Å². The first-order valence-corrected chi connectivity index (χ1v) is 12.7. The summed E-state index contributed by atoms with van der Waals surface area (Å²) in [6.45, 7) is 0.396. The van der Waals surface area contributed by atoms with E-state index in [0.717, 1.165) is 29.5 Å². The van der Waals surface area contributed by atoms with Crippen molar-refractivity contribution in [2.45, 2.75) is 23.6 Å². The van der Waals surface area contributed by atoms with Crippen LogP contribution >= 0.6 is 11.8 Å². The van der Waals surface area contributed by atoms with Crippen molar-refractivity contribution >= 4 is 17.7 Å². The van der Waals surface area contributed by atoms with E-state index in [1.807, 2.05) is 6.07 Å². The molecule has 6 rings (SSSR count). The molecule has 3 aromatic heterocycles. The van der Waals surface area contributed by atoms with Crippen LogP contribution in [0, 0.1) is 0 Å². The van der Waals surface area contributed by atoms with E-state index in [-0.39, 0.29) is 47.3 Å². The van der Waals surface area contributed by atoms with Crippen LogP contribution < -0.4 is 14.8 Å². The number of carbonyl (C=O) groups is 1. The third-order valence-corrected chi connectivity index (χ3v) is 6.72. The number of thioether (sulfide) groups is 1. The average molecular weight is 570 g/mol. The Morgan fingerprint density at radius 3 is 2.73 bits per heavy atom. The minimum Gasteiger partial charge on any atom is -0.461 e. The molecule has 0 bridgehead atoms. The van der Waals surface area contributed by atoms with Crippen molar-refractivity contribution in [3.63, 3.8) is 0 Å². The second kappa shape index (κ2) is 10.4. The zero-order valence-corrected chi connectivity index (χ0v) is 21.2. The van der Waals surface area contributed by atoms with Gasteiger partial charge in [-0.2, -0.15) is 13.2 Å². The molecule has 10 nitrogen and oxygen atoms in total. The van der Waals surface area contributed by atoms with E-state index in [4.69, 9.17) is 18.3 Å². The second-order valence-electron chi connectivity index (χ2n) is 8.45. The van der Waals surface area contributed by atoms with E-state index in [0.29, 0.717) is 17.3 Å². The van der Waals surface area contributed by atoms with E-state index in [9.17, 15) is 18.0 Å². The molecule has 204 valence electrons. The Balaban J connectivity index is 1.17. The Kier molecular flexibility index (Phi) is 6.67. The van der Waals surface area contributed by atoms with Crippen molar-refractivity contribution in [2.75, 3.05) is 6.79 Å². The van der Waals surface area contributed by atoms with Gasteiger partial charge in [-0.15, -0.1) is 10.2 Å². The first-order chi connectivity index (χ1) is 19.3. The van der Waals surface area contributed by atoms with Crippen LogP contribution in [0.15, 0.2) is 81.1 Å². The fourth-order valence-electron chi connectivity index (χ4n) is 3.91. The number of oxazole rings is 1. The molecule has 0 saturated heterocycles. The van der Waals surface area contributed by atoms with Crippen LogP contribution in [0.4, 0.5) is 13.2 Å². The molecule has 0 atom stereocenters. The molecule has 1 N–H and O–H groups in total. The molecule has 1 amide bonds. The third-order valence-electron chi connectivity index (χ3n) is 5.81. The molecule has 0 spiro atoms. The number of nitrogens with one attached hydrogen (secondary N) is 1. The number of rotatable bonds is 8. The lowest BCUT2D eigenvalue weighted by Gasteiger charge is -2.12. The Morgan fingerprint density at radius 2 is 1.90 bits per heavy atom. The van der Waals surface area contributed by atoms with Crippen LogP contribution in [-0.4, -0.2) is 32.4 Å². The van der Waals surface area contributed by atoms with Gasteiger partial charge in [0.25, 0.3) is 5.91 Å². The number of nitrogens with zero attached hydrogens (tertiary/aromatic N) is 4. The van der Waals surface area contributed by atoms with Crippen molar-refractivity contribution < 1.29 is 36.3 Å². The minimum atomic E-state index is -4.53. The molecule has 2 aromatic carbocycles. The Hall–Kier alpha value is -4.72. The number of hydrogen-bond acceptors (Lipinski definition) is 9. The fourth-order valence-corrected chi connectivity index (χ4v) is 4.72. The van der Waals surface area contributed by atoms with Crippen LogP contribution in [0.1, 0.15) is 27.5 Å². The number of benzene rings is 2. The Bertz CT molecular complexity index is 1670. The van der Waals surface area contributed by atoms with E-state index >= 15 is 0 Å². The Labute approximate surface area is 228 Å². The number of carbonyl (C=O) groups excluding carboxylic acids is 1. The highest BCUT2D eigenvalue weighted by Gasteiger charge is 2.31. The van der Waals surface area contributed by atoms with Crippen molar-refractivity contribution in [1.82, 2.24) is 25.1 Å². The van der Waals surface area contributed by atoms with Gasteiger partial charge >= 0.3 is 6.18 Å². The lowest BCUT2D eigenvalue weighted by Crippen LogP contribution is -2.23. The summed E-state index contributed by atoms with van der Waals surface area (Å²) >= 11 is 1.13. The Morgan fingerprint density at radius 1 is 1.02 bits per heavy atom. The number of furan rings is 1. The van der Waals surface area contributed by atoms with Gasteiger partial charge in [0.15, 0.2) is 28.1 Å². The maximum atomic E-state index is 13.4. The van der Waals surface area contributed by atoms with Crippen LogP contribution in [0.3, 0.4) is 0 Å². The topological polar surface area (TPSA) is 117 Å². The molecule has 14 heteroatoms. The summed E-state index contributed by atoms with van der Waals surface area (Å²) < 4.78 is 63.2. The third kappa shape index (κ3) is 5.25. The second-order valence-corrected chi connectivity index (χ2v) is 9.39. The van der Waals surface area contributed by atoms with Crippen molar-refractivity contribution in [1.29, 1.82) is 0 Å². The zero-order valence-electron chi connectivity index (χ0n) is 20.3. The molecule has 0 unspecified atom stereocenters. The van der Waals surface area contributed by atoms with E-state index in [1.54, 1.807) is 24.3 Å². The maximum Gasteiger partial charge on any atom is 0.416 e. The molecule has 4 heterocycles. The van der Waals surface area contributed by atoms with Crippen LogP contribution in [0.5, 0.6) is 11.5 Å².